The van der Waals surface area contributed by atoms with E-state index < -0.39 is 17.7 Å². The molecule has 2 heterocycles. The van der Waals surface area contributed by atoms with E-state index in [1.165, 1.54) is 48.9 Å². The molecule has 0 aliphatic heterocycles. The summed E-state index contributed by atoms with van der Waals surface area (Å²) in [5, 5.41) is 11.3. The number of aromatic nitrogens is 1. The number of furan rings is 1. The summed E-state index contributed by atoms with van der Waals surface area (Å²) in [6.07, 6.45) is 3.36. The zero-order valence-electron chi connectivity index (χ0n) is 14.4. The molecule has 0 fully saturated rings. The summed E-state index contributed by atoms with van der Waals surface area (Å²) in [4.78, 5) is 4.03. The number of aliphatic hydroxyl groups is 1. The van der Waals surface area contributed by atoms with Gasteiger partial charge in [-0.2, -0.15) is 0 Å². The maximum atomic E-state index is 14.6. The summed E-state index contributed by atoms with van der Waals surface area (Å²) in [6, 6.07) is 13.3. The molecule has 0 bridgehead atoms. The van der Waals surface area contributed by atoms with Crippen LogP contribution in [0.15, 0.2) is 77.7 Å². The van der Waals surface area contributed by atoms with Gasteiger partial charge in [0.2, 0.25) is 0 Å². The van der Waals surface area contributed by atoms with Gasteiger partial charge in [0.05, 0.1) is 6.26 Å². The Hall–Kier alpha value is -3.02. The minimum absolute atomic E-state index is 0.236. The van der Waals surface area contributed by atoms with Gasteiger partial charge in [-0.15, -0.1) is 0 Å². The molecule has 4 aromatic rings. The minimum atomic E-state index is -1.13. The highest BCUT2D eigenvalue weighted by atomic mass is 35.5. The fourth-order valence-electron chi connectivity index (χ4n) is 3.08. The molecule has 1 unspecified atom stereocenters. The lowest BCUT2D eigenvalue weighted by Gasteiger charge is -2.14. The molecule has 3 nitrogen and oxygen atoms in total. The van der Waals surface area contributed by atoms with Crippen molar-refractivity contribution in [2.45, 2.75) is 6.10 Å². The topological polar surface area (TPSA) is 46.3 Å². The predicted octanol–water partition coefficient (Wildman–Crippen LogP) is 6.02. The molecule has 0 aliphatic rings. The van der Waals surface area contributed by atoms with Crippen molar-refractivity contribution in [2.24, 2.45) is 0 Å². The van der Waals surface area contributed by atoms with Crippen molar-refractivity contribution in [3.63, 3.8) is 0 Å². The third-order valence-corrected chi connectivity index (χ3v) is 4.67. The Morgan fingerprint density at radius 2 is 1.79 bits per heavy atom. The Balaban J connectivity index is 1.93. The quantitative estimate of drug-likeness (QED) is 0.458. The summed E-state index contributed by atoms with van der Waals surface area (Å²) < 4.78 is 33.6. The second kappa shape index (κ2) is 7.54. The first-order chi connectivity index (χ1) is 13.5. The van der Waals surface area contributed by atoms with Gasteiger partial charge < -0.3 is 9.52 Å². The number of hydrogen-bond acceptors (Lipinski definition) is 3. The van der Waals surface area contributed by atoms with Crippen molar-refractivity contribution in [2.75, 3.05) is 0 Å². The Morgan fingerprint density at radius 1 is 1.00 bits per heavy atom. The van der Waals surface area contributed by atoms with Crippen molar-refractivity contribution in [1.82, 2.24) is 4.98 Å². The van der Waals surface area contributed by atoms with Crippen LogP contribution < -0.4 is 0 Å². The average molecular weight is 398 g/mol. The first-order valence-corrected chi connectivity index (χ1v) is 8.83. The molecule has 0 saturated carbocycles. The van der Waals surface area contributed by atoms with Crippen molar-refractivity contribution < 1.29 is 18.3 Å². The molecule has 1 atom stereocenters. The van der Waals surface area contributed by atoms with Crippen LogP contribution >= 0.6 is 11.6 Å². The Morgan fingerprint density at radius 3 is 2.46 bits per heavy atom. The van der Waals surface area contributed by atoms with E-state index in [1.54, 1.807) is 24.4 Å². The van der Waals surface area contributed by atoms with Crippen LogP contribution in [0.1, 0.15) is 17.2 Å². The second-order valence-electron chi connectivity index (χ2n) is 6.21. The molecule has 0 spiro atoms. The SMILES string of the molecule is OC(c1cccnc1)c1c(-c2ccc(Cl)cc2F)coc1-c1ccc(F)cc1. The van der Waals surface area contributed by atoms with Crippen molar-refractivity contribution in [3.8, 4) is 22.5 Å². The van der Waals surface area contributed by atoms with E-state index in [0.29, 0.717) is 28.0 Å². The Kier molecular flexibility index (Phi) is 4.94. The summed E-state index contributed by atoms with van der Waals surface area (Å²) in [5.74, 6) is -0.618. The molecule has 0 amide bonds. The van der Waals surface area contributed by atoms with Crippen molar-refractivity contribution in [1.29, 1.82) is 0 Å². The molecule has 1 N–H and O–H groups in total. The highest BCUT2D eigenvalue weighted by Gasteiger charge is 2.26. The number of nitrogens with zero attached hydrogens (tertiary/aromatic N) is 1. The number of hydrogen-bond donors (Lipinski definition) is 1. The van der Waals surface area contributed by atoms with Crippen molar-refractivity contribution in [3.05, 3.63) is 101 Å². The number of pyridine rings is 1. The molecule has 140 valence electrons. The minimum Gasteiger partial charge on any atom is -0.463 e. The predicted molar refractivity (Wildman–Crippen MR) is 103 cm³/mol. The maximum absolute atomic E-state index is 14.6. The lowest BCUT2D eigenvalue weighted by Crippen LogP contribution is -2.03. The second-order valence-corrected chi connectivity index (χ2v) is 6.65. The monoisotopic (exact) mass is 397 g/mol. The molecule has 4 rings (SSSR count). The highest BCUT2D eigenvalue weighted by Crippen LogP contribution is 2.41. The van der Waals surface area contributed by atoms with E-state index in [2.05, 4.69) is 4.98 Å². The smallest absolute Gasteiger partial charge is 0.140 e. The van der Waals surface area contributed by atoms with Crippen LogP contribution in [-0.2, 0) is 0 Å². The highest BCUT2D eigenvalue weighted by molar-refractivity contribution is 6.30. The van der Waals surface area contributed by atoms with Gasteiger partial charge in [-0.05, 0) is 48.5 Å². The van der Waals surface area contributed by atoms with E-state index in [4.69, 9.17) is 16.0 Å². The van der Waals surface area contributed by atoms with Gasteiger partial charge in [0.1, 0.15) is 23.5 Å². The first kappa shape index (κ1) is 18.3. The van der Waals surface area contributed by atoms with Crippen LogP contribution in [-0.4, -0.2) is 10.1 Å². The Bertz CT molecular complexity index is 1110. The van der Waals surface area contributed by atoms with Gasteiger partial charge >= 0.3 is 0 Å². The van der Waals surface area contributed by atoms with Crippen LogP contribution in [0, 0.1) is 11.6 Å². The third-order valence-electron chi connectivity index (χ3n) is 4.43. The summed E-state index contributed by atoms with van der Waals surface area (Å²) in [7, 11) is 0. The molecular weight excluding hydrogens is 384 g/mol. The van der Waals surface area contributed by atoms with Gasteiger partial charge in [0.15, 0.2) is 0 Å². The van der Waals surface area contributed by atoms with Gasteiger partial charge in [-0.1, -0.05) is 17.7 Å². The molecule has 0 radical (unpaired) electrons. The number of halogens is 3. The van der Waals surface area contributed by atoms with Crippen LogP contribution in [0.4, 0.5) is 8.78 Å². The van der Waals surface area contributed by atoms with Crippen LogP contribution in [0.25, 0.3) is 22.5 Å². The first-order valence-electron chi connectivity index (χ1n) is 8.45. The van der Waals surface area contributed by atoms with Crippen LogP contribution in [0.2, 0.25) is 5.02 Å². The molecule has 0 aliphatic carbocycles. The molecule has 28 heavy (non-hydrogen) atoms. The lowest BCUT2D eigenvalue weighted by molar-refractivity contribution is 0.220. The Labute approximate surface area is 164 Å². The lowest BCUT2D eigenvalue weighted by atomic mass is 9.93. The summed E-state index contributed by atoms with van der Waals surface area (Å²) in [5.41, 5.74) is 2.05. The average Bonchev–Trinajstić information content (AvgIpc) is 3.13. The zero-order valence-corrected chi connectivity index (χ0v) is 15.2. The van der Waals surface area contributed by atoms with Crippen molar-refractivity contribution >= 4 is 11.6 Å². The largest absolute Gasteiger partial charge is 0.463 e. The standard InChI is InChI=1S/C22H14ClF2NO2/c23-15-5-8-17(19(25)10-15)18-12-28-22(13-3-6-16(24)7-4-13)20(18)21(27)14-2-1-9-26-11-14/h1-12,21,27H. The number of aliphatic hydroxyl groups excluding tert-OH is 1. The number of rotatable bonds is 4. The molecule has 6 heteroatoms. The van der Waals surface area contributed by atoms with Gasteiger partial charge in [-0.3, -0.25) is 4.98 Å². The van der Waals surface area contributed by atoms with E-state index in [0.717, 1.165) is 0 Å². The maximum Gasteiger partial charge on any atom is 0.140 e. The fourth-order valence-corrected chi connectivity index (χ4v) is 3.24. The summed E-state index contributed by atoms with van der Waals surface area (Å²) in [6.45, 7) is 0. The third kappa shape index (κ3) is 3.42. The molecule has 2 aromatic heterocycles. The van der Waals surface area contributed by atoms with Gasteiger partial charge in [0, 0.05) is 45.2 Å². The molecular formula is C22H14ClF2NO2. The van der Waals surface area contributed by atoms with E-state index in [1.807, 2.05) is 0 Å². The fraction of sp³-hybridized carbons (Fsp3) is 0.0455. The number of benzene rings is 2. The van der Waals surface area contributed by atoms with Gasteiger partial charge in [0.25, 0.3) is 0 Å². The molecule has 2 aromatic carbocycles. The van der Waals surface area contributed by atoms with Gasteiger partial charge in [-0.25, -0.2) is 8.78 Å². The van der Waals surface area contributed by atoms with Crippen LogP contribution in [0.3, 0.4) is 0 Å². The zero-order chi connectivity index (χ0) is 19.7. The van der Waals surface area contributed by atoms with Crippen LogP contribution in [0.5, 0.6) is 0 Å². The molecule has 0 saturated heterocycles. The van der Waals surface area contributed by atoms with E-state index in [-0.39, 0.29) is 10.6 Å². The normalized spacial score (nSPS) is 12.1. The van der Waals surface area contributed by atoms with E-state index in [9.17, 15) is 13.9 Å². The summed E-state index contributed by atoms with van der Waals surface area (Å²) >= 11 is 5.86. The van der Waals surface area contributed by atoms with E-state index >= 15 is 0 Å².